The van der Waals surface area contributed by atoms with Gasteiger partial charge in [-0.1, -0.05) is 18.2 Å². The highest BCUT2D eigenvalue weighted by molar-refractivity contribution is 5.82. The average molecular weight is 195 g/mol. The number of H-pyrrole nitrogens is 1. The summed E-state index contributed by atoms with van der Waals surface area (Å²) in [6.45, 7) is 0. The van der Waals surface area contributed by atoms with Crippen molar-refractivity contribution >= 4 is 10.9 Å². The molecular formula is C11H11F2N. The number of rotatable bonds is 3. The van der Waals surface area contributed by atoms with E-state index < -0.39 is 6.43 Å². The predicted molar refractivity (Wildman–Crippen MR) is 52.6 cm³/mol. The highest BCUT2D eigenvalue weighted by Gasteiger charge is 2.06. The molecule has 0 aliphatic rings. The summed E-state index contributed by atoms with van der Waals surface area (Å²) in [7, 11) is 0. The maximum atomic E-state index is 12.0. The van der Waals surface area contributed by atoms with E-state index in [0.717, 1.165) is 16.5 Å². The van der Waals surface area contributed by atoms with Crippen molar-refractivity contribution in [1.82, 2.24) is 4.98 Å². The van der Waals surface area contributed by atoms with Gasteiger partial charge in [-0.15, -0.1) is 0 Å². The number of halogens is 2. The molecule has 0 fully saturated rings. The maximum Gasteiger partial charge on any atom is 0.239 e. The molecular weight excluding hydrogens is 184 g/mol. The van der Waals surface area contributed by atoms with Gasteiger partial charge in [0.25, 0.3) is 0 Å². The zero-order valence-corrected chi connectivity index (χ0v) is 7.63. The molecule has 1 N–H and O–H groups in total. The van der Waals surface area contributed by atoms with Crippen LogP contribution in [0, 0.1) is 0 Å². The fraction of sp³-hybridized carbons (Fsp3) is 0.273. The Bertz CT molecular complexity index is 420. The van der Waals surface area contributed by atoms with Gasteiger partial charge in [0.15, 0.2) is 0 Å². The molecule has 1 aromatic carbocycles. The van der Waals surface area contributed by atoms with Gasteiger partial charge in [-0.2, -0.15) is 0 Å². The third-order valence-corrected chi connectivity index (χ3v) is 2.31. The van der Waals surface area contributed by atoms with Crippen LogP contribution in [0.25, 0.3) is 10.9 Å². The van der Waals surface area contributed by atoms with E-state index in [1.807, 2.05) is 30.5 Å². The van der Waals surface area contributed by atoms with Crippen LogP contribution >= 0.6 is 0 Å². The predicted octanol–water partition coefficient (Wildman–Crippen LogP) is 3.37. The Kier molecular flexibility index (Phi) is 2.48. The van der Waals surface area contributed by atoms with Crippen molar-refractivity contribution in [3.8, 4) is 0 Å². The zero-order valence-electron chi connectivity index (χ0n) is 7.63. The minimum Gasteiger partial charge on any atom is -0.361 e. The SMILES string of the molecule is FC(F)CCc1c[nH]c2ccccc12. The molecule has 2 rings (SSSR count). The lowest BCUT2D eigenvalue weighted by atomic mass is 10.1. The average Bonchev–Trinajstić information content (AvgIpc) is 2.58. The van der Waals surface area contributed by atoms with E-state index in [-0.39, 0.29) is 6.42 Å². The second kappa shape index (κ2) is 3.78. The van der Waals surface area contributed by atoms with Crippen LogP contribution in [0.15, 0.2) is 30.5 Å². The first-order valence-corrected chi connectivity index (χ1v) is 4.60. The summed E-state index contributed by atoms with van der Waals surface area (Å²) >= 11 is 0. The largest absolute Gasteiger partial charge is 0.361 e. The standard InChI is InChI=1S/C11H11F2N/c12-11(13)6-5-8-7-14-10-4-2-1-3-9(8)10/h1-4,7,11,14H,5-6H2. The van der Waals surface area contributed by atoms with E-state index in [9.17, 15) is 8.78 Å². The van der Waals surface area contributed by atoms with E-state index in [1.165, 1.54) is 0 Å². The Morgan fingerprint density at radius 3 is 2.79 bits per heavy atom. The van der Waals surface area contributed by atoms with Crippen molar-refractivity contribution in [3.05, 3.63) is 36.0 Å². The van der Waals surface area contributed by atoms with Crippen molar-refractivity contribution in [2.75, 3.05) is 0 Å². The van der Waals surface area contributed by atoms with Gasteiger partial charge in [0.2, 0.25) is 6.43 Å². The minimum atomic E-state index is -2.22. The molecule has 0 amide bonds. The number of aryl methyl sites for hydroxylation is 1. The Balaban J connectivity index is 2.25. The van der Waals surface area contributed by atoms with E-state index >= 15 is 0 Å². The van der Waals surface area contributed by atoms with Gasteiger partial charge in [0, 0.05) is 23.5 Å². The number of benzene rings is 1. The normalized spacial score (nSPS) is 11.4. The number of hydrogen-bond donors (Lipinski definition) is 1. The third kappa shape index (κ3) is 1.76. The van der Waals surface area contributed by atoms with Gasteiger partial charge < -0.3 is 4.98 Å². The Labute approximate surface area is 80.7 Å². The van der Waals surface area contributed by atoms with Crippen LogP contribution in [0.1, 0.15) is 12.0 Å². The van der Waals surface area contributed by atoms with E-state index in [1.54, 1.807) is 0 Å². The monoisotopic (exact) mass is 195 g/mol. The van der Waals surface area contributed by atoms with Crippen molar-refractivity contribution in [2.24, 2.45) is 0 Å². The van der Waals surface area contributed by atoms with Crippen molar-refractivity contribution in [2.45, 2.75) is 19.3 Å². The lowest BCUT2D eigenvalue weighted by molar-refractivity contribution is 0.138. The highest BCUT2D eigenvalue weighted by Crippen LogP contribution is 2.19. The molecule has 0 atom stereocenters. The molecule has 0 saturated carbocycles. The highest BCUT2D eigenvalue weighted by atomic mass is 19.3. The molecule has 0 unspecified atom stereocenters. The lowest BCUT2D eigenvalue weighted by Crippen LogP contribution is -1.93. The van der Waals surface area contributed by atoms with E-state index in [2.05, 4.69) is 4.98 Å². The Morgan fingerprint density at radius 1 is 1.21 bits per heavy atom. The number of hydrogen-bond acceptors (Lipinski definition) is 0. The van der Waals surface area contributed by atoms with Crippen LogP contribution in [0.3, 0.4) is 0 Å². The molecule has 14 heavy (non-hydrogen) atoms. The van der Waals surface area contributed by atoms with Gasteiger partial charge in [-0.3, -0.25) is 0 Å². The number of alkyl halides is 2. The first kappa shape index (κ1) is 9.19. The van der Waals surface area contributed by atoms with Crippen molar-refractivity contribution in [3.63, 3.8) is 0 Å². The molecule has 74 valence electrons. The number of nitrogens with one attached hydrogen (secondary N) is 1. The van der Waals surface area contributed by atoms with Crippen LogP contribution in [0.2, 0.25) is 0 Å². The summed E-state index contributed by atoms with van der Waals surface area (Å²) in [4.78, 5) is 3.07. The first-order valence-electron chi connectivity index (χ1n) is 4.60. The summed E-state index contributed by atoms with van der Waals surface area (Å²) in [5.41, 5.74) is 1.98. The topological polar surface area (TPSA) is 15.8 Å². The summed E-state index contributed by atoms with van der Waals surface area (Å²) < 4.78 is 24.0. The summed E-state index contributed by atoms with van der Waals surface area (Å²) in [6.07, 6.45) is -0.0417. The fourth-order valence-electron chi connectivity index (χ4n) is 1.60. The van der Waals surface area contributed by atoms with Crippen LogP contribution in [-0.2, 0) is 6.42 Å². The van der Waals surface area contributed by atoms with Crippen LogP contribution in [-0.4, -0.2) is 11.4 Å². The quantitative estimate of drug-likeness (QED) is 0.772. The molecule has 0 aliphatic carbocycles. The van der Waals surface area contributed by atoms with E-state index in [0.29, 0.717) is 6.42 Å². The third-order valence-electron chi connectivity index (χ3n) is 2.31. The van der Waals surface area contributed by atoms with Gasteiger partial charge in [0.05, 0.1) is 0 Å². The van der Waals surface area contributed by atoms with Gasteiger partial charge >= 0.3 is 0 Å². The molecule has 1 heterocycles. The molecule has 0 radical (unpaired) electrons. The number of fused-ring (bicyclic) bond motifs is 1. The number of para-hydroxylation sites is 1. The fourth-order valence-corrected chi connectivity index (χ4v) is 1.60. The molecule has 0 bridgehead atoms. The molecule has 3 heteroatoms. The minimum absolute atomic E-state index is 0.0676. The van der Waals surface area contributed by atoms with Crippen LogP contribution < -0.4 is 0 Å². The smallest absolute Gasteiger partial charge is 0.239 e. The molecule has 2 aromatic rings. The molecule has 1 nitrogen and oxygen atoms in total. The molecule has 1 aromatic heterocycles. The van der Waals surface area contributed by atoms with Crippen LogP contribution in [0.4, 0.5) is 8.78 Å². The van der Waals surface area contributed by atoms with Crippen molar-refractivity contribution < 1.29 is 8.78 Å². The summed E-state index contributed by atoms with van der Waals surface area (Å²) in [5.74, 6) is 0. The molecule has 0 aliphatic heterocycles. The summed E-state index contributed by atoms with van der Waals surface area (Å²) in [6, 6.07) is 7.74. The first-order chi connectivity index (χ1) is 6.77. The van der Waals surface area contributed by atoms with Gasteiger partial charge in [-0.05, 0) is 18.1 Å². The van der Waals surface area contributed by atoms with Crippen molar-refractivity contribution in [1.29, 1.82) is 0 Å². The second-order valence-corrected chi connectivity index (χ2v) is 3.29. The summed E-state index contributed by atoms with van der Waals surface area (Å²) in [5, 5.41) is 1.05. The second-order valence-electron chi connectivity index (χ2n) is 3.29. The number of aromatic nitrogens is 1. The molecule has 0 spiro atoms. The van der Waals surface area contributed by atoms with Gasteiger partial charge in [-0.25, -0.2) is 8.78 Å². The van der Waals surface area contributed by atoms with E-state index in [4.69, 9.17) is 0 Å². The van der Waals surface area contributed by atoms with Gasteiger partial charge in [0.1, 0.15) is 0 Å². The molecule has 0 saturated heterocycles. The van der Waals surface area contributed by atoms with Crippen LogP contribution in [0.5, 0.6) is 0 Å². The zero-order chi connectivity index (χ0) is 9.97. The number of aromatic amines is 1. The maximum absolute atomic E-state index is 12.0. The lowest BCUT2D eigenvalue weighted by Gasteiger charge is -1.98. The Hall–Kier alpha value is -1.38. The Morgan fingerprint density at radius 2 is 2.00 bits per heavy atom.